The van der Waals surface area contributed by atoms with Crippen LogP contribution >= 0.6 is 27.5 Å². The highest BCUT2D eigenvalue weighted by Gasteiger charge is 2.06. The Morgan fingerprint density at radius 1 is 1.35 bits per heavy atom. The third kappa shape index (κ3) is 2.87. The Hall–Kier alpha value is -1.33. The Bertz CT molecular complexity index is 513. The molecule has 0 unspecified atom stereocenters. The second-order valence-corrected chi connectivity index (χ2v) is 4.61. The summed E-state index contributed by atoms with van der Waals surface area (Å²) >= 11 is 9.21. The third-order valence-corrected chi connectivity index (χ3v) is 2.99. The lowest BCUT2D eigenvalue weighted by Crippen LogP contribution is -1.97. The van der Waals surface area contributed by atoms with Gasteiger partial charge in [0.05, 0.1) is 22.6 Å². The number of pyridine rings is 1. The third-order valence-electron chi connectivity index (χ3n) is 2.05. The van der Waals surface area contributed by atoms with Crippen LogP contribution in [0.2, 0.25) is 5.02 Å². The highest BCUT2D eigenvalue weighted by Crippen LogP contribution is 2.29. The maximum Gasteiger partial charge on any atom is 0.149 e. The van der Waals surface area contributed by atoms with E-state index in [1.807, 2.05) is 0 Å². The van der Waals surface area contributed by atoms with Gasteiger partial charge in [-0.3, -0.25) is 0 Å². The lowest BCUT2D eigenvalue weighted by atomic mass is 10.3. The summed E-state index contributed by atoms with van der Waals surface area (Å²) in [5, 5.41) is 3.39. The highest BCUT2D eigenvalue weighted by atomic mass is 79.9. The van der Waals surface area contributed by atoms with Crippen molar-refractivity contribution in [1.82, 2.24) is 4.98 Å². The number of nitrogens with two attached hydrogens (primary N) is 1. The van der Waals surface area contributed by atoms with Gasteiger partial charge >= 0.3 is 0 Å². The van der Waals surface area contributed by atoms with E-state index in [0.717, 1.165) is 0 Å². The van der Waals surface area contributed by atoms with Crippen molar-refractivity contribution >= 4 is 44.7 Å². The van der Waals surface area contributed by atoms with Gasteiger partial charge in [0.1, 0.15) is 11.6 Å². The fraction of sp³-hybridized carbons (Fsp3) is 0. The molecule has 0 bridgehead atoms. The number of nitrogen functional groups attached to an aromatic ring is 1. The molecule has 0 aliphatic carbocycles. The smallest absolute Gasteiger partial charge is 0.149 e. The van der Waals surface area contributed by atoms with Crippen LogP contribution in [0.4, 0.5) is 21.6 Å². The Morgan fingerprint density at radius 3 is 2.76 bits per heavy atom. The maximum atomic E-state index is 12.9. The molecule has 0 fully saturated rings. The first kappa shape index (κ1) is 12.1. The molecule has 0 aliphatic rings. The summed E-state index contributed by atoms with van der Waals surface area (Å²) in [6.45, 7) is 0. The summed E-state index contributed by atoms with van der Waals surface area (Å²) in [4.78, 5) is 4.05. The van der Waals surface area contributed by atoms with Gasteiger partial charge in [0.2, 0.25) is 0 Å². The topological polar surface area (TPSA) is 50.9 Å². The van der Waals surface area contributed by atoms with Gasteiger partial charge in [0.25, 0.3) is 0 Å². The summed E-state index contributed by atoms with van der Waals surface area (Å²) in [5.74, 6) is 0.145. The van der Waals surface area contributed by atoms with Crippen LogP contribution in [0.3, 0.4) is 0 Å². The SMILES string of the molecule is Nc1cnc(Nc2ccc(F)cc2Br)c(Cl)c1. The minimum Gasteiger partial charge on any atom is -0.397 e. The van der Waals surface area contributed by atoms with Crippen LogP contribution in [0, 0.1) is 5.82 Å². The molecular formula is C11H8BrClFN3. The molecule has 0 amide bonds. The maximum absolute atomic E-state index is 12.9. The number of hydrogen-bond acceptors (Lipinski definition) is 3. The van der Waals surface area contributed by atoms with Gasteiger partial charge in [-0.1, -0.05) is 11.6 Å². The van der Waals surface area contributed by atoms with Gasteiger partial charge in [0, 0.05) is 4.47 Å². The largest absolute Gasteiger partial charge is 0.397 e. The first-order valence-electron chi connectivity index (χ1n) is 4.69. The predicted octanol–water partition coefficient (Wildman–Crippen LogP) is 3.96. The van der Waals surface area contributed by atoms with Crippen molar-refractivity contribution in [1.29, 1.82) is 0 Å². The van der Waals surface area contributed by atoms with Crippen molar-refractivity contribution < 1.29 is 4.39 Å². The standard InChI is InChI=1S/C11H8BrClFN3/c12-8-3-6(14)1-2-10(8)17-11-9(13)4-7(15)5-16-11/h1-5H,15H2,(H,16,17). The molecule has 0 spiro atoms. The normalized spacial score (nSPS) is 10.3. The molecule has 2 rings (SSSR count). The molecule has 0 radical (unpaired) electrons. The Morgan fingerprint density at radius 2 is 2.12 bits per heavy atom. The van der Waals surface area contributed by atoms with Crippen LogP contribution in [0.25, 0.3) is 0 Å². The number of benzene rings is 1. The molecule has 0 aliphatic heterocycles. The Kier molecular flexibility index (Phi) is 3.49. The fourth-order valence-corrected chi connectivity index (χ4v) is 1.94. The predicted molar refractivity (Wildman–Crippen MR) is 71.0 cm³/mol. The van der Waals surface area contributed by atoms with Crippen LogP contribution < -0.4 is 11.1 Å². The first-order chi connectivity index (χ1) is 8.06. The highest BCUT2D eigenvalue weighted by molar-refractivity contribution is 9.10. The van der Waals surface area contributed by atoms with Crippen molar-refractivity contribution in [3.05, 3.63) is 45.8 Å². The number of hydrogen-bond donors (Lipinski definition) is 2. The second-order valence-electron chi connectivity index (χ2n) is 3.35. The van der Waals surface area contributed by atoms with Gasteiger partial charge in [0.15, 0.2) is 0 Å². The molecule has 1 aromatic heterocycles. The summed E-state index contributed by atoms with van der Waals surface area (Å²) in [6.07, 6.45) is 1.49. The molecule has 3 N–H and O–H groups in total. The molecule has 0 saturated carbocycles. The summed E-state index contributed by atoms with van der Waals surface area (Å²) in [7, 11) is 0. The van der Waals surface area contributed by atoms with Gasteiger partial charge in [-0.2, -0.15) is 0 Å². The molecule has 0 atom stereocenters. The molecule has 17 heavy (non-hydrogen) atoms. The van der Waals surface area contributed by atoms with Gasteiger partial charge < -0.3 is 11.1 Å². The van der Waals surface area contributed by atoms with E-state index in [1.165, 1.54) is 18.3 Å². The van der Waals surface area contributed by atoms with Crippen molar-refractivity contribution in [2.75, 3.05) is 11.1 Å². The number of rotatable bonds is 2. The fourth-order valence-electron chi connectivity index (χ4n) is 1.26. The second kappa shape index (κ2) is 4.89. The van der Waals surface area contributed by atoms with Crippen molar-refractivity contribution in [2.45, 2.75) is 0 Å². The number of nitrogens with zero attached hydrogens (tertiary/aromatic N) is 1. The van der Waals surface area contributed by atoms with E-state index in [9.17, 15) is 4.39 Å². The minimum absolute atomic E-state index is 0.321. The number of aromatic nitrogens is 1. The Labute approximate surface area is 111 Å². The van der Waals surface area contributed by atoms with E-state index >= 15 is 0 Å². The van der Waals surface area contributed by atoms with Crippen molar-refractivity contribution in [3.63, 3.8) is 0 Å². The van der Waals surface area contributed by atoms with Crippen LogP contribution in [-0.4, -0.2) is 4.98 Å². The number of anilines is 3. The van der Waals surface area contributed by atoms with Crippen LogP contribution in [0.1, 0.15) is 0 Å². The summed E-state index contributed by atoms with van der Waals surface area (Å²) in [6, 6.07) is 5.88. The zero-order valence-corrected chi connectivity index (χ0v) is 10.9. The van der Waals surface area contributed by atoms with Gasteiger partial charge in [-0.15, -0.1) is 0 Å². The molecule has 1 heterocycles. The van der Waals surface area contributed by atoms with Crippen LogP contribution in [-0.2, 0) is 0 Å². The van der Waals surface area contributed by atoms with E-state index < -0.39 is 0 Å². The van der Waals surface area contributed by atoms with E-state index in [4.69, 9.17) is 17.3 Å². The van der Waals surface area contributed by atoms with Crippen molar-refractivity contribution in [3.8, 4) is 0 Å². The lowest BCUT2D eigenvalue weighted by molar-refractivity contribution is 0.627. The average Bonchev–Trinajstić information content (AvgIpc) is 2.25. The van der Waals surface area contributed by atoms with Crippen LogP contribution in [0.15, 0.2) is 34.9 Å². The number of nitrogens with one attached hydrogen (secondary N) is 1. The van der Waals surface area contributed by atoms with E-state index in [2.05, 4.69) is 26.2 Å². The molecule has 0 saturated heterocycles. The van der Waals surface area contributed by atoms with Gasteiger partial charge in [-0.05, 0) is 40.2 Å². The quantitative estimate of drug-likeness (QED) is 0.881. The first-order valence-corrected chi connectivity index (χ1v) is 5.86. The molecule has 6 heteroatoms. The average molecular weight is 317 g/mol. The van der Waals surface area contributed by atoms with E-state index in [1.54, 1.807) is 12.1 Å². The number of halogens is 3. The zero-order chi connectivity index (χ0) is 12.4. The monoisotopic (exact) mass is 315 g/mol. The van der Waals surface area contributed by atoms with Crippen molar-refractivity contribution in [2.24, 2.45) is 0 Å². The molecule has 88 valence electrons. The molecular weight excluding hydrogens is 308 g/mol. The minimum atomic E-state index is -0.321. The van der Waals surface area contributed by atoms with E-state index in [0.29, 0.717) is 26.7 Å². The molecule has 3 nitrogen and oxygen atoms in total. The summed E-state index contributed by atoms with van der Waals surface area (Å²) < 4.78 is 13.5. The molecule has 1 aromatic carbocycles. The zero-order valence-electron chi connectivity index (χ0n) is 8.55. The summed E-state index contributed by atoms with van der Waals surface area (Å²) in [5.41, 5.74) is 6.69. The van der Waals surface area contributed by atoms with Crippen LogP contribution in [0.5, 0.6) is 0 Å². The van der Waals surface area contributed by atoms with E-state index in [-0.39, 0.29) is 5.82 Å². The van der Waals surface area contributed by atoms with Gasteiger partial charge in [-0.25, -0.2) is 9.37 Å². The molecule has 2 aromatic rings. The lowest BCUT2D eigenvalue weighted by Gasteiger charge is -2.09. The Balaban J connectivity index is 2.31.